The average Bonchev–Trinajstić information content (AvgIpc) is 2.99. The zero-order valence-corrected chi connectivity index (χ0v) is 15.3. The molecule has 7 heteroatoms. The van der Waals surface area contributed by atoms with Gasteiger partial charge in [-0.2, -0.15) is 10.1 Å². The van der Waals surface area contributed by atoms with E-state index < -0.39 is 0 Å². The Morgan fingerprint density at radius 1 is 1.28 bits per heavy atom. The quantitative estimate of drug-likeness (QED) is 0.855. The second-order valence-corrected chi connectivity index (χ2v) is 8.14. The SMILES string of the molecule is Cc1nc(C2CCCN2C(=O)c2cc(C3CC3)n(C(C)(C)C)n2)no1. The highest BCUT2D eigenvalue weighted by Gasteiger charge is 2.37. The topological polar surface area (TPSA) is 77.1 Å². The maximum absolute atomic E-state index is 13.1. The van der Waals surface area contributed by atoms with Crippen molar-refractivity contribution >= 4 is 5.91 Å². The van der Waals surface area contributed by atoms with Gasteiger partial charge in [-0.15, -0.1) is 0 Å². The normalized spacial score (nSPS) is 21.1. The summed E-state index contributed by atoms with van der Waals surface area (Å²) in [6.45, 7) is 8.85. The minimum atomic E-state index is -0.133. The first-order valence-electron chi connectivity index (χ1n) is 9.06. The van der Waals surface area contributed by atoms with Gasteiger partial charge in [0.15, 0.2) is 11.5 Å². The molecule has 2 fully saturated rings. The van der Waals surface area contributed by atoms with Crippen molar-refractivity contribution in [3.8, 4) is 0 Å². The number of aromatic nitrogens is 4. The maximum Gasteiger partial charge on any atom is 0.274 e. The molecule has 0 spiro atoms. The molecule has 3 heterocycles. The number of amides is 1. The predicted molar refractivity (Wildman–Crippen MR) is 91.2 cm³/mol. The van der Waals surface area contributed by atoms with Crippen LogP contribution >= 0.6 is 0 Å². The molecule has 2 aliphatic rings. The molecule has 1 atom stereocenters. The number of hydrogen-bond donors (Lipinski definition) is 0. The minimum absolute atomic E-state index is 0.0325. The highest BCUT2D eigenvalue weighted by molar-refractivity contribution is 5.93. The van der Waals surface area contributed by atoms with Gasteiger partial charge in [0.05, 0.1) is 11.6 Å². The molecule has 7 nitrogen and oxygen atoms in total. The van der Waals surface area contributed by atoms with Crippen molar-refractivity contribution in [1.29, 1.82) is 0 Å². The van der Waals surface area contributed by atoms with E-state index >= 15 is 0 Å². The summed E-state index contributed by atoms with van der Waals surface area (Å²) in [5.74, 6) is 1.64. The molecular formula is C18H25N5O2. The molecule has 1 amide bonds. The molecule has 0 aromatic carbocycles. The molecule has 1 aliphatic heterocycles. The van der Waals surface area contributed by atoms with E-state index in [1.807, 2.05) is 15.6 Å². The highest BCUT2D eigenvalue weighted by Crippen LogP contribution is 2.42. The third kappa shape index (κ3) is 2.96. The summed E-state index contributed by atoms with van der Waals surface area (Å²) in [5, 5.41) is 8.70. The zero-order chi connectivity index (χ0) is 17.8. The predicted octanol–water partition coefficient (Wildman–Crippen LogP) is 3.18. The molecule has 1 unspecified atom stereocenters. The monoisotopic (exact) mass is 343 g/mol. The van der Waals surface area contributed by atoms with Gasteiger partial charge in [0.2, 0.25) is 5.89 Å². The van der Waals surface area contributed by atoms with Gasteiger partial charge in [0.1, 0.15) is 0 Å². The average molecular weight is 343 g/mol. The fourth-order valence-corrected chi connectivity index (χ4v) is 3.58. The molecular weight excluding hydrogens is 318 g/mol. The van der Waals surface area contributed by atoms with Gasteiger partial charge in [-0.3, -0.25) is 9.48 Å². The van der Waals surface area contributed by atoms with E-state index in [9.17, 15) is 4.79 Å². The van der Waals surface area contributed by atoms with Crippen molar-refractivity contribution in [3.63, 3.8) is 0 Å². The standard InChI is InChI=1S/C18H25N5O2/c1-11-19-16(21-25-11)14-6-5-9-22(14)17(24)13-10-15(12-7-8-12)23(20-13)18(2,3)4/h10,12,14H,5-9H2,1-4H3. The first kappa shape index (κ1) is 16.3. The Morgan fingerprint density at radius 2 is 2.04 bits per heavy atom. The lowest BCUT2D eigenvalue weighted by Crippen LogP contribution is -2.32. The Labute approximate surface area is 147 Å². The van der Waals surface area contributed by atoms with Crippen LogP contribution in [0.1, 0.15) is 86.3 Å². The Kier molecular flexibility index (Phi) is 3.70. The van der Waals surface area contributed by atoms with Crippen LogP contribution in [-0.2, 0) is 5.54 Å². The molecule has 134 valence electrons. The van der Waals surface area contributed by atoms with Crippen LogP contribution in [0.15, 0.2) is 10.6 Å². The van der Waals surface area contributed by atoms with E-state index in [2.05, 4.69) is 36.0 Å². The summed E-state index contributed by atoms with van der Waals surface area (Å²) in [4.78, 5) is 19.3. The summed E-state index contributed by atoms with van der Waals surface area (Å²) in [6, 6.07) is 1.87. The second-order valence-electron chi connectivity index (χ2n) is 8.14. The summed E-state index contributed by atoms with van der Waals surface area (Å²) in [7, 11) is 0. The van der Waals surface area contributed by atoms with Crippen molar-refractivity contribution in [1.82, 2.24) is 24.8 Å². The Hall–Kier alpha value is -2.18. The van der Waals surface area contributed by atoms with E-state index in [1.54, 1.807) is 6.92 Å². The van der Waals surface area contributed by atoms with E-state index in [4.69, 9.17) is 4.52 Å². The summed E-state index contributed by atoms with van der Waals surface area (Å²) in [5.41, 5.74) is 1.58. The highest BCUT2D eigenvalue weighted by atomic mass is 16.5. The lowest BCUT2D eigenvalue weighted by molar-refractivity contribution is 0.0720. The number of likely N-dealkylation sites (tertiary alicyclic amines) is 1. The summed E-state index contributed by atoms with van der Waals surface area (Å²) in [6.07, 6.45) is 4.17. The number of carbonyl (C=O) groups excluding carboxylic acids is 1. The van der Waals surface area contributed by atoms with Crippen molar-refractivity contribution in [2.24, 2.45) is 0 Å². The largest absolute Gasteiger partial charge is 0.340 e. The molecule has 0 N–H and O–H groups in total. The van der Waals surface area contributed by atoms with E-state index in [1.165, 1.54) is 18.5 Å². The van der Waals surface area contributed by atoms with Crippen molar-refractivity contribution in [2.75, 3.05) is 6.54 Å². The van der Waals surface area contributed by atoms with Crippen LogP contribution in [0.2, 0.25) is 0 Å². The zero-order valence-electron chi connectivity index (χ0n) is 15.3. The van der Waals surface area contributed by atoms with E-state index in [0.717, 1.165) is 12.8 Å². The van der Waals surface area contributed by atoms with Gasteiger partial charge < -0.3 is 9.42 Å². The lowest BCUT2D eigenvalue weighted by Gasteiger charge is -2.23. The molecule has 1 saturated heterocycles. The molecule has 0 bridgehead atoms. The van der Waals surface area contributed by atoms with Gasteiger partial charge in [-0.1, -0.05) is 5.16 Å². The molecule has 25 heavy (non-hydrogen) atoms. The van der Waals surface area contributed by atoms with Gasteiger partial charge >= 0.3 is 0 Å². The van der Waals surface area contributed by atoms with Crippen molar-refractivity contribution in [3.05, 3.63) is 29.2 Å². The number of hydrogen-bond acceptors (Lipinski definition) is 5. The smallest absolute Gasteiger partial charge is 0.274 e. The van der Waals surface area contributed by atoms with E-state index in [-0.39, 0.29) is 17.5 Å². The van der Waals surface area contributed by atoms with Gasteiger partial charge in [0.25, 0.3) is 5.91 Å². The Balaban J connectivity index is 1.64. The molecule has 4 rings (SSSR count). The van der Waals surface area contributed by atoms with Crippen LogP contribution < -0.4 is 0 Å². The number of rotatable bonds is 3. The number of nitrogens with zero attached hydrogens (tertiary/aromatic N) is 5. The number of carbonyl (C=O) groups is 1. The minimum Gasteiger partial charge on any atom is -0.340 e. The van der Waals surface area contributed by atoms with Crippen molar-refractivity contribution < 1.29 is 9.32 Å². The van der Waals surface area contributed by atoms with Crippen LogP contribution in [0.25, 0.3) is 0 Å². The third-order valence-electron chi connectivity index (χ3n) is 4.94. The molecule has 2 aromatic rings. The molecule has 1 aliphatic carbocycles. The van der Waals surface area contributed by atoms with Crippen molar-refractivity contribution in [2.45, 2.75) is 70.9 Å². The lowest BCUT2D eigenvalue weighted by atomic mass is 10.1. The fourth-order valence-electron chi connectivity index (χ4n) is 3.58. The molecule has 2 aromatic heterocycles. The molecule has 0 radical (unpaired) electrons. The first-order valence-corrected chi connectivity index (χ1v) is 9.06. The summed E-state index contributed by atoms with van der Waals surface area (Å²) >= 11 is 0. The van der Waals surface area contributed by atoms with E-state index in [0.29, 0.717) is 29.9 Å². The maximum atomic E-state index is 13.1. The van der Waals surface area contributed by atoms with Crippen LogP contribution in [0.3, 0.4) is 0 Å². The van der Waals surface area contributed by atoms with Crippen LogP contribution in [0, 0.1) is 6.92 Å². The number of aryl methyl sites for hydroxylation is 1. The van der Waals surface area contributed by atoms with Gasteiger partial charge in [-0.05, 0) is 52.5 Å². The Bertz CT molecular complexity index is 797. The van der Waals surface area contributed by atoms with Crippen LogP contribution in [0.4, 0.5) is 0 Å². The van der Waals surface area contributed by atoms with Crippen LogP contribution in [-0.4, -0.2) is 37.3 Å². The van der Waals surface area contributed by atoms with Gasteiger partial charge in [-0.25, -0.2) is 0 Å². The summed E-state index contributed by atoms with van der Waals surface area (Å²) < 4.78 is 7.13. The fraction of sp³-hybridized carbons (Fsp3) is 0.667. The molecule has 1 saturated carbocycles. The third-order valence-corrected chi connectivity index (χ3v) is 4.94. The Morgan fingerprint density at radius 3 is 2.64 bits per heavy atom. The van der Waals surface area contributed by atoms with Crippen LogP contribution in [0.5, 0.6) is 0 Å². The van der Waals surface area contributed by atoms with Gasteiger partial charge in [0, 0.05) is 25.1 Å². The first-order chi connectivity index (χ1) is 11.8. The second kappa shape index (κ2) is 5.68.